The number of hydrogen-bond acceptors (Lipinski definition) is 7. The van der Waals surface area contributed by atoms with Gasteiger partial charge in [-0.25, -0.2) is 4.79 Å². The topological polar surface area (TPSA) is 104 Å². The van der Waals surface area contributed by atoms with Crippen molar-refractivity contribution in [1.82, 2.24) is 9.97 Å². The maximum absolute atomic E-state index is 11.9. The van der Waals surface area contributed by atoms with Gasteiger partial charge < -0.3 is 15.2 Å². The smallest absolute Gasteiger partial charge is 0.404 e. The van der Waals surface area contributed by atoms with Crippen molar-refractivity contribution in [3.8, 4) is 0 Å². The number of aromatic nitrogens is 2. The van der Waals surface area contributed by atoms with Gasteiger partial charge >= 0.3 is 11.4 Å². The Kier molecular flexibility index (Phi) is 11.4. The van der Waals surface area contributed by atoms with E-state index in [2.05, 4.69) is 23.9 Å². The lowest BCUT2D eigenvalue weighted by atomic mass is 10.1. The molecule has 0 aliphatic carbocycles. The molecular weight excluding hydrogens is 521 g/mol. The lowest BCUT2D eigenvalue weighted by Crippen LogP contribution is -2.07. The molecule has 1 atom stereocenters. The molecule has 5 rings (SSSR count). The summed E-state index contributed by atoms with van der Waals surface area (Å²) in [7, 11) is 2.20. The van der Waals surface area contributed by atoms with Gasteiger partial charge in [-0.05, 0) is 46.2 Å². The van der Waals surface area contributed by atoms with Crippen LogP contribution in [0, 0.1) is 0 Å². The minimum Gasteiger partial charge on any atom is -0.461 e. The van der Waals surface area contributed by atoms with E-state index in [9.17, 15) is 9.59 Å². The maximum Gasteiger partial charge on any atom is 0.404 e. The van der Waals surface area contributed by atoms with E-state index in [4.69, 9.17) is 22.1 Å². The fourth-order valence-corrected chi connectivity index (χ4v) is 3.69. The van der Waals surface area contributed by atoms with E-state index in [1.807, 2.05) is 91.3 Å². The summed E-state index contributed by atoms with van der Waals surface area (Å²) in [6.45, 7) is 0.317. The number of rotatable bonds is 5. The average Bonchev–Trinajstić information content (AvgIpc) is 2.93. The Balaban J connectivity index is 0.000000195. The maximum atomic E-state index is 11.9. The Morgan fingerprint density at radius 3 is 2.00 bits per heavy atom. The number of nitrogens with two attached hydrogens (primary N) is 1. The SMILES string of the molecule is Nc1ccc2cnccc2c1.O=C(Cc1ccc2cnccc2c1)OCc1ccccc1.O=C(Cl)OCP. The Labute approximate surface area is 228 Å². The Morgan fingerprint density at radius 2 is 1.39 bits per heavy atom. The molecule has 0 saturated carbocycles. The summed E-state index contributed by atoms with van der Waals surface area (Å²) in [6.07, 6.45) is 7.71. The van der Waals surface area contributed by atoms with Crippen molar-refractivity contribution < 1.29 is 19.1 Å². The Morgan fingerprint density at radius 1 is 0.763 bits per heavy atom. The van der Waals surface area contributed by atoms with Crippen molar-refractivity contribution in [2.24, 2.45) is 0 Å². The molecule has 7 nitrogen and oxygen atoms in total. The molecule has 0 spiro atoms. The first-order chi connectivity index (χ1) is 18.4. The molecule has 2 aromatic heterocycles. The minimum absolute atomic E-state index is 0.216. The van der Waals surface area contributed by atoms with Gasteiger partial charge in [-0.15, -0.1) is 0 Å². The van der Waals surface area contributed by atoms with Crippen LogP contribution in [0.2, 0.25) is 0 Å². The lowest BCUT2D eigenvalue weighted by Gasteiger charge is -2.06. The first-order valence-corrected chi connectivity index (χ1v) is 12.8. The number of benzene rings is 3. The summed E-state index contributed by atoms with van der Waals surface area (Å²) < 4.78 is 9.42. The van der Waals surface area contributed by atoms with Gasteiger partial charge in [0.1, 0.15) is 13.0 Å². The summed E-state index contributed by atoms with van der Waals surface area (Å²) in [4.78, 5) is 29.5. The van der Waals surface area contributed by atoms with Crippen molar-refractivity contribution in [3.63, 3.8) is 0 Å². The molecule has 0 aliphatic heterocycles. The highest BCUT2D eigenvalue weighted by Gasteiger charge is 2.06. The van der Waals surface area contributed by atoms with Gasteiger partial charge in [0, 0.05) is 52.8 Å². The zero-order chi connectivity index (χ0) is 27.2. The number of fused-ring (bicyclic) bond motifs is 2. The molecule has 0 saturated heterocycles. The van der Waals surface area contributed by atoms with E-state index in [1.54, 1.807) is 12.4 Å². The molecule has 38 heavy (non-hydrogen) atoms. The fraction of sp³-hybridized carbons (Fsp3) is 0.103. The van der Waals surface area contributed by atoms with E-state index in [-0.39, 0.29) is 18.7 Å². The number of pyridine rings is 2. The quantitative estimate of drug-likeness (QED) is 0.115. The molecular formula is C29H27ClN3O4P. The zero-order valence-electron chi connectivity index (χ0n) is 20.5. The van der Waals surface area contributed by atoms with Crippen LogP contribution in [0.5, 0.6) is 0 Å². The summed E-state index contributed by atoms with van der Waals surface area (Å²) in [5.41, 5.74) is 7.59. The van der Waals surface area contributed by atoms with Gasteiger partial charge in [0.25, 0.3) is 0 Å². The number of carbonyl (C=O) groups is 2. The highest BCUT2D eigenvalue weighted by Crippen LogP contribution is 2.16. The van der Waals surface area contributed by atoms with E-state index in [1.165, 1.54) is 0 Å². The van der Waals surface area contributed by atoms with Crippen LogP contribution in [0.25, 0.3) is 21.5 Å². The van der Waals surface area contributed by atoms with E-state index in [0.29, 0.717) is 6.61 Å². The van der Waals surface area contributed by atoms with Crippen LogP contribution >= 0.6 is 20.8 Å². The van der Waals surface area contributed by atoms with E-state index < -0.39 is 5.43 Å². The Hall–Kier alpha value is -4.06. The van der Waals surface area contributed by atoms with Gasteiger partial charge in [0.15, 0.2) is 0 Å². The number of hydrogen-bond donors (Lipinski definition) is 1. The summed E-state index contributed by atoms with van der Waals surface area (Å²) in [5.74, 6) is -0.216. The first kappa shape index (κ1) is 28.5. The van der Waals surface area contributed by atoms with Gasteiger partial charge in [-0.1, -0.05) is 63.8 Å². The van der Waals surface area contributed by atoms with Crippen molar-refractivity contribution in [3.05, 3.63) is 115 Å². The summed E-state index contributed by atoms with van der Waals surface area (Å²) >= 11 is 4.70. The van der Waals surface area contributed by atoms with Crippen LogP contribution in [0.1, 0.15) is 11.1 Å². The molecule has 2 N–H and O–H groups in total. The second-order valence-corrected chi connectivity index (χ2v) is 8.55. The monoisotopic (exact) mass is 547 g/mol. The third-order valence-electron chi connectivity index (χ3n) is 5.16. The second kappa shape index (κ2) is 15.3. The molecule has 0 radical (unpaired) electrons. The molecule has 2 heterocycles. The number of halogens is 1. The van der Waals surface area contributed by atoms with E-state index in [0.717, 1.165) is 38.4 Å². The van der Waals surface area contributed by atoms with Gasteiger partial charge in [-0.3, -0.25) is 14.8 Å². The molecule has 0 aliphatic rings. The zero-order valence-corrected chi connectivity index (χ0v) is 22.4. The first-order valence-electron chi connectivity index (χ1n) is 11.6. The predicted molar refractivity (Wildman–Crippen MR) is 155 cm³/mol. The number of carbonyl (C=O) groups excluding carboxylic acids is 2. The standard InChI is InChI=1S/C18H15NO2.C9H8N2.C2H4ClO2P/c20-18(21-13-14-4-2-1-3-5-14)11-15-6-7-17-12-19-9-8-16(17)10-15;10-9-2-1-8-6-11-4-3-7(8)5-9;3-2(4)5-1-6/h1-10,12H,11,13H2;1-6H,10H2;1,6H2. The normalized spacial score (nSPS) is 9.95. The molecule has 9 heteroatoms. The molecule has 194 valence electrons. The lowest BCUT2D eigenvalue weighted by molar-refractivity contribution is -0.144. The highest BCUT2D eigenvalue weighted by atomic mass is 35.5. The molecule has 0 bridgehead atoms. The number of nitrogen functional groups attached to an aromatic ring is 1. The van der Waals surface area contributed by atoms with Crippen molar-refractivity contribution in [1.29, 1.82) is 0 Å². The van der Waals surface area contributed by atoms with Gasteiger partial charge in [0.05, 0.1) is 6.42 Å². The van der Waals surface area contributed by atoms with Crippen molar-refractivity contribution >= 4 is 59.5 Å². The molecule has 0 amide bonds. The highest BCUT2D eigenvalue weighted by molar-refractivity contribution is 7.16. The minimum atomic E-state index is -0.759. The number of ether oxygens (including phenoxy) is 2. The number of anilines is 1. The molecule has 5 aromatic rings. The predicted octanol–water partition coefficient (Wildman–Crippen LogP) is 6.53. The van der Waals surface area contributed by atoms with Crippen LogP contribution in [0.4, 0.5) is 10.5 Å². The van der Waals surface area contributed by atoms with Crippen LogP contribution in [-0.2, 0) is 27.3 Å². The summed E-state index contributed by atoms with van der Waals surface area (Å²) in [5, 5.41) is 4.42. The van der Waals surface area contributed by atoms with Crippen LogP contribution < -0.4 is 5.73 Å². The summed E-state index contributed by atoms with van der Waals surface area (Å²) in [6, 6.07) is 25.3. The third kappa shape index (κ3) is 9.77. The van der Waals surface area contributed by atoms with Crippen molar-refractivity contribution in [2.45, 2.75) is 13.0 Å². The van der Waals surface area contributed by atoms with Gasteiger partial charge in [0.2, 0.25) is 0 Å². The van der Waals surface area contributed by atoms with Gasteiger partial charge in [-0.2, -0.15) is 0 Å². The second-order valence-electron chi connectivity index (χ2n) is 7.91. The molecule has 3 aromatic carbocycles. The fourth-order valence-electron chi connectivity index (χ4n) is 3.37. The van der Waals surface area contributed by atoms with Crippen molar-refractivity contribution in [2.75, 3.05) is 12.1 Å². The average molecular weight is 548 g/mol. The van der Waals surface area contributed by atoms with E-state index >= 15 is 0 Å². The molecule has 1 unspecified atom stereocenters. The van der Waals surface area contributed by atoms with Crippen LogP contribution in [0.15, 0.2) is 104 Å². The number of esters is 1. The third-order valence-corrected chi connectivity index (χ3v) is 5.43. The molecule has 0 fully saturated rings. The Bertz CT molecular complexity index is 1480. The van der Waals surface area contributed by atoms with Crippen LogP contribution in [-0.4, -0.2) is 27.7 Å². The largest absolute Gasteiger partial charge is 0.461 e. The van der Waals surface area contributed by atoms with Crippen LogP contribution in [0.3, 0.4) is 0 Å². The number of nitrogens with zero attached hydrogens (tertiary/aromatic N) is 2.